The fraction of sp³-hybridized carbons (Fsp3) is 0.400. The minimum Gasteiger partial charge on any atom is -0.480 e. The van der Waals surface area contributed by atoms with Gasteiger partial charge in [-0.15, -0.1) is 4.91 Å². The monoisotopic (exact) mass is 321 g/mol. The maximum atomic E-state index is 11.6. The molecule has 2 amide bonds. The standard InChI is InChI=1S/C15H19N3O5/c1-17(2)12-7-5-11(6-8-12)4-3-9-18(10-13(19)20)15(22)14(21)16-23/h5-8H,3-4,9-10H2,1-2H3,(H,19,20). The number of aliphatic carboxylic acids is 1. The van der Waals surface area contributed by atoms with Crippen molar-refractivity contribution in [2.24, 2.45) is 5.18 Å². The van der Waals surface area contributed by atoms with E-state index >= 15 is 0 Å². The Hall–Kier alpha value is -2.77. The first-order valence-electron chi connectivity index (χ1n) is 6.99. The summed E-state index contributed by atoms with van der Waals surface area (Å²) >= 11 is 0. The largest absolute Gasteiger partial charge is 0.480 e. The van der Waals surface area contributed by atoms with Gasteiger partial charge in [-0.25, -0.2) is 0 Å². The third-order valence-corrected chi connectivity index (χ3v) is 3.23. The molecule has 1 aromatic rings. The summed E-state index contributed by atoms with van der Waals surface area (Å²) in [5, 5.41) is 10.8. The summed E-state index contributed by atoms with van der Waals surface area (Å²) < 4.78 is 0. The average Bonchev–Trinajstić information content (AvgIpc) is 2.52. The van der Waals surface area contributed by atoms with Crippen LogP contribution >= 0.6 is 0 Å². The minimum absolute atomic E-state index is 0.0574. The Morgan fingerprint density at radius 2 is 1.74 bits per heavy atom. The lowest BCUT2D eigenvalue weighted by molar-refractivity contribution is -0.149. The molecule has 8 heteroatoms. The van der Waals surface area contributed by atoms with Gasteiger partial charge in [0.1, 0.15) is 6.54 Å². The molecule has 1 aromatic carbocycles. The van der Waals surface area contributed by atoms with E-state index in [1.807, 2.05) is 48.4 Å². The van der Waals surface area contributed by atoms with E-state index in [4.69, 9.17) is 5.11 Å². The van der Waals surface area contributed by atoms with Crippen LogP contribution in [0.4, 0.5) is 5.69 Å². The zero-order valence-electron chi connectivity index (χ0n) is 13.1. The first-order chi connectivity index (χ1) is 10.8. The fourth-order valence-corrected chi connectivity index (χ4v) is 2.02. The number of rotatable bonds is 7. The molecule has 23 heavy (non-hydrogen) atoms. The first kappa shape index (κ1) is 18.3. The lowest BCUT2D eigenvalue weighted by atomic mass is 10.1. The normalized spacial score (nSPS) is 10.0. The Labute approximate surface area is 133 Å². The lowest BCUT2D eigenvalue weighted by Crippen LogP contribution is -2.40. The lowest BCUT2D eigenvalue weighted by Gasteiger charge is -2.18. The van der Waals surface area contributed by atoms with Gasteiger partial charge < -0.3 is 14.9 Å². The summed E-state index contributed by atoms with van der Waals surface area (Å²) in [5.74, 6) is -3.93. The Kier molecular flexibility index (Phi) is 6.85. The molecule has 0 unspecified atom stereocenters. The number of anilines is 1. The summed E-state index contributed by atoms with van der Waals surface area (Å²) in [6.07, 6.45) is 1.08. The van der Waals surface area contributed by atoms with E-state index in [1.54, 1.807) is 0 Å². The van der Waals surface area contributed by atoms with Crippen LogP contribution in [0.2, 0.25) is 0 Å². The maximum absolute atomic E-state index is 11.6. The molecule has 124 valence electrons. The molecule has 1 N–H and O–H groups in total. The quantitative estimate of drug-likeness (QED) is 0.590. The van der Waals surface area contributed by atoms with Gasteiger partial charge in [0.15, 0.2) is 0 Å². The SMILES string of the molecule is CN(C)c1ccc(CCCN(CC(=O)O)C(=O)C(=O)N=O)cc1. The molecule has 0 aromatic heterocycles. The van der Waals surface area contributed by atoms with Crippen LogP contribution in [0.15, 0.2) is 29.4 Å². The van der Waals surface area contributed by atoms with Gasteiger partial charge in [-0.05, 0) is 30.5 Å². The van der Waals surface area contributed by atoms with Crippen LogP contribution in [-0.4, -0.2) is 55.0 Å². The molecule has 0 fully saturated rings. The first-order valence-corrected chi connectivity index (χ1v) is 6.99. The van der Waals surface area contributed by atoms with Crippen molar-refractivity contribution in [1.29, 1.82) is 0 Å². The van der Waals surface area contributed by atoms with Crippen LogP contribution in [0.1, 0.15) is 12.0 Å². The maximum Gasteiger partial charge on any atom is 0.373 e. The highest BCUT2D eigenvalue weighted by Gasteiger charge is 2.24. The third-order valence-electron chi connectivity index (χ3n) is 3.23. The van der Waals surface area contributed by atoms with Crippen LogP contribution in [-0.2, 0) is 20.8 Å². The van der Waals surface area contributed by atoms with E-state index in [0.29, 0.717) is 12.8 Å². The molecule has 0 radical (unpaired) electrons. The number of carbonyl (C=O) groups excluding carboxylic acids is 2. The van der Waals surface area contributed by atoms with Crippen LogP contribution in [0.25, 0.3) is 0 Å². The number of carboxylic acids is 1. The highest BCUT2D eigenvalue weighted by molar-refractivity contribution is 6.35. The predicted molar refractivity (Wildman–Crippen MR) is 84.1 cm³/mol. The van der Waals surface area contributed by atoms with Gasteiger partial charge in [-0.1, -0.05) is 12.1 Å². The zero-order valence-corrected chi connectivity index (χ0v) is 13.1. The second-order valence-corrected chi connectivity index (χ2v) is 5.18. The molecule has 0 bridgehead atoms. The Morgan fingerprint density at radius 1 is 1.13 bits per heavy atom. The summed E-state index contributed by atoms with van der Waals surface area (Å²) in [6.45, 7) is -0.582. The number of carboxylic acid groups (broad SMARTS) is 1. The van der Waals surface area contributed by atoms with E-state index in [9.17, 15) is 19.3 Å². The molecule has 0 aliphatic heterocycles. The van der Waals surface area contributed by atoms with Gasteiger partial charge in [0.25, 0.3) is 0 Å². The molecular weight excluding hydrogens is 302 g/mol. The molecule has 0 atom stereocenters. The number of nitrogens with zero attached hydrogens (tertiary/aromatic N) is 3. The van der Waals surface area contributed by atoms with Gasteiger partial charge in [0.2, 0.25) is 0 Å². The molecule has 8 nitrogen and oxygen atoms in total. The number of hydrogen-bond acceptors (Lipinski definition) is 5. The number of nitroso groups, excluding NO2 is 1. The Balaban J connectivity index is 2.60. The van der Waals surface area contributed by atoms with Crippen molar-refractivity contribution < 1.29 is 19.5 Å². The van der Waals surface area contributed by atoms with Crippen LogP contribution in [0.3, 0.4) is 0 Å². The molecule has 0 aliphatic rings. The van der Waals surface area contributed by atoms with Crippen molar-refractivity contribution >= 4 is 23.5 Å². The van der Waals surface area contributed by atoms with Crippen LogP contribution in [0, 0.1) is 4.91 Å². The summed E-state index contributed by atoms with van der Waals surface area (Å²) in [4.78, 5) is 46.2. The number of amides is 2. The average molecular weight is 321 g/mol. The number of benzene rings is 1. The van der Waals surface area contributed by atoms with E-state index in [-0.39, 0.29) is 6.54 Å². The molecule has 0 aliphatic carbocycles. The molecule has 0 saturated carbocycles. The fourth-order valence-electron chi connectivity index (χ4n) is 2.02. The molecule has 0 saturated heterocycles. The van der Waals surface area contributed by atoms with Crippen molar-refractivity contribution in [1.82, 2.24) is 4.90 Å². The van der Waals surface area contributed by atoms with Crippen molar-refractivity contribution in [3.8, 4) is 0 Å². The van der Waals surface area contributed by atoms with E-state index in [0.717, 1.165) is 16.2 Å². The number of aryl methyl sites for hydroxylation is 1. The number of carbonyl (C=O) groups is 3. The Bertz CT molecular complexity index is 583. The predicted octanol–water partition coefficient (Wildman–Crippen LogP) is 0.891. The summed E-state index contributed by atoms with van der Waals surface area (Å²) in [6, 6.07) is 7.79. The summed E-state index contributed by atoms with van der Waals surface area (Å²) in [5.41, 5.74) is 2.08. The van der Waals surface area contributed by atoms with E-state index in [1.165, 1.54) is 0 Å². The highest BCUT2D eigenvalue weighted by Crippen LogP contribution is 2.13. The number of hydrogen-bond donors (Lipinski definition) is 1. The van der Waals surface area contributed by atoms with Crippen LogP contribution in [0.5, 0.6) is 0 Å². The van der Waals surface area contributed by atoms with Crippen molar-refractivity contribution in [3.05, 3.63) is 34.7 Å². The van der Waals surface area contributed by atoms with Gasteiger partial charge >= 0.3 is 17.8 Å². The van der Waals surface area contributed by atoms with Crippen LogP contribution < -0.4 is 4.90 Å². The zero-order chi connectivity index (χ0) is 17.4. The van der Waals surface area contributed by atoms with Gasteiger partial charge in [0, 0.05) is 31.5 Å². The highest BCUT2D eigenvalue weighted by atomic mass is 16.4. The smallest absolute Gasteiger partial charge is 0.373 e. The van der Waals surface area contributed by atoms with Crippen molar-refractivity contribution in [2.75, 3.05) is 32.1 Å². The molecule has 0 heterocycles. The minimum atomic E-state index is -1.48. The van der Waals surface area contributed by atoms with Crippen molar-refractivity contribution in [2.45, 2.75) is 12.8 Å². The Morgan fingerprint density at radius 3 is 2.22 bits per heavy atom. The molecule has 0 spiro atoms. The van der Waals surface area contributed by atoms with Gasteiger partial charge in [-0.2, -0.15) is 0 Å². The molecular formula is C15H19N3O5. The van der Waals surface area contributed by atoms with Gasteiger partial charge in [0.05, 0.1) is 0 Å². The second kappa shape index (κ2) is 8.62. The van der Waals surface area contributed by atoms with E-state index in [2.05, 4.69) is 0 Å². The van der Waals surface area contributed by atoms with E-state index < -0.39 is 24.3 Å². The second-order valence-electron chi connectivity index (χ2n) is 5.18. The summed E-state index contributed by atoms with van der Waals surface area (Å²) in [7, 11) is 3.87. The van der Waals surface area contributed by atoms with Crippen molar-refractivity contribution in [3.63, 3.8) is 0 Å². The third kappa shape index (κ3) is 5.85. The molecule has 1 rings (SSSR count). The topological polar surface area (TPSA) is 107 Å². The van der Waals surface area contributed by atoms with Gasteiger partial charge in [-0.3, -0.25) is 14.4 Å².